The molecule has 0 saturated heterocycles. The molecule has 17 heavy (non-hydrogen) atoms. The first kappa shape index (κ1) is 14.2. The Bertz CT molecular complexity index is 360. The van der Waals surface area contributed by atoms with Crippen molar-refractivity contribution >= 4 is 17.2 Å². The summed E-state index contributed by atoms with van der Waals surface area (Å²) < 4.78 is 5.40. The van der Waals surface area contributed by atoms with Crippen LogP contribution in [0.25, 0.3) is 0 Å². The summed E-state index contributed by atoms with van der Waals surface area (Å²) in [5, 5.41) is 2.92. The summed E-state index contributed by atoms with van der Waals surface area (Å²) in [6.07, 6.45) is 0.532. The molecule has 0 spiro atoms. The molecule has 0 aromatic carbocycles. The van der Waals surface area contributed by atoms with Crippen molar-refractivity contribution in [3.8, 4) is 0 Å². The summed E-state index contributed by atoms with van der Waals surface area (Å²) in [5.74, 6) is 0.482. The van der Waals surface area contributed by atoms with E-state index in [2.05, 4.69) is 24.4 Å². The Morgan fingerprint density at radius 1 is 1.47 bits per heavy atom. The van der Waals surface area contributed by atoms with Crippen LogP contribution < -0.4 is 5.32 Å². The number of amides is 1. The van der Waals surface area contributed by atoms with Crippen LogP contribution in [-0.4, -0.2) is 19.6 Å². The number of hydrogen-bond acceptors (Lipinski definition) is 3. The van der Waals surface area contributed by atoms with Crippen LogP contribution >= 0.6 is 11.3 Å². The lowest BCUT2D eigenvalue weighted by molar-refractivity contribution is -0.122. The number of methoxy groups -OCH3 is 1. The van der Waals surface area contributed by atoms with Crippen molar-refractivity contribution in [3.05, 3.63) is 21.9 Å². The minimum atomic E-state index is -0.0372. The summed E-state index contributed by atoms with van der Waals surface area (Å²) in [4.78, 5) is 14.0. The maximum Gasteiger partial charge on any atom is 0.220 e. The van der Waals surface area contributed by atoms with Crippen LogP contribution in [0.3, 0.4) is 0 Å². The van der Waals surface area contributed by atoms with Crippen LogP contribution in [0.15, 0.2) is 12.1 Å². The molecule has 1 atom stereocenters. The van der Waals surface area contributed by atoms with E-state index in [0.29, 0.717) is 18.9 Å². The van der Waals surface area contributed by atoms with Gasteiger partial charge in [-0.25, -0.2) is 0 Å². The molecule has 4 heteroatoms. The number of hydrogen-bond donors (Lipinski definition) is 1. The molecule has 1 aromatic rings. The van der Waals surface area contributed by atoms with Crippen molar-refractivity contribution in [2.75, 3.05) is 13.7 Å². The third kappa shape index (κ3) is 4.88. The second-order valence-corrected chi connectivity index (χ2v) is 5.89. The molecule has 0 unspecified atom stereocenters. The van der Waals surface area contributed by atoms with Gasteiger partial charge in [0, 0.05) is 29.8 Å². The van der Waals surface area contributed by atoms with E-state index in [9.17, 15) is 4.79 Å². The maximum absolute atomic E-state index is 11.5. The Balaban J connectivity index is 2.45. The Morgan fingerprint density at radius 3 is 2.65 bits per heavy atom. The van der Waals surface area contributed by atoms with Gasteiger partial charge in [-0.15, -0.1) is 11.3 Å². The molecule has 0 aliphatic heterocycles. The Hall–Kier alpha value is -0.870. The molecular weight excluding hydrogens is 234 g/mol. The molecule has 1 aromatic heterocycles. The second kappa shape index (κ2) is 6.77. The van der Waals surface area contributed by atoms with E-state index in [1.165, 1.54) is 4.88 Å². The SMILES string of the molecule is CO[C@H](CNC(=O)CC(C)C)c1ccc(C)s1. The summed E-state index contributed by atoms with van der Waals surface area (Å²) in [6, 6.07) is 4.13. The third-order valence-electron chi connectivity index (χ3n) is 2.44. The van der Waals surface area contributed by atoms with Crippen LogP contribution in [0.5, 0.6) is 0 Å². The minimum absolute atomic E-state index is 0.0372. The van der Waals surface area contributed by atoms with Gasteiger partial charge in [0.05, 0.1) is 0 Å². The smallest absolute Gasteiger partial charge is 0.220 e. The molecular formula is C13H21NO2S. The van der Waals surface area contributed by atoms with Gasteiger partial charge in [0.15, 0.2) is 0 Å². The van der Waals surface area contributed by atoms with E-state index in [1.54, 1.807) is 18.4 Å². The third-order valence-corrected chi connectivity index (χ3v) is 3.53. The highest BCUT2D eigenvalue weighted by Crippen LogP contribution is 2.24. The van der Waals surface area contributed by atoms with E-state index in [-0.39, 0.29) is 12.0 Å². The zero-order valence-electron chi connectivity index (χ0n) is 10.9. The molecule has 0 saturated carbocycles. The first-order valence-corrected chi connectivity index (χ1v) is 6.70. The van der Waals surface area contributed by atoms with Crippen molar-refractivity contribution in [1.29, 1.82) is 0 Å². The molecule has 1 rings (SSSR count). The summed E-state index contributed by atoms with van der Waals surface area (Å²) in [7, 11) is 1.67. The van der Waals surface area contributed by atoms with Gasteiger partial charge in [-0.05, 0) is 25.0 Å². The molecule has 0 bridgehead atoms. The number of ether oxygens (including phenoxy) is 1. The molecule has 0 aliphatic carbocycles. The Kier molecular flexibility index (Phi) is 5.65. The van der Waals surface area contributed by atoms with E-state index >= 15 is 0 Å². The molecule has 1 N–H and O–H groups in total. The first-order chi connectivity index (χ1) is 8.02. The van der Waals surface area contributed by atoms with Crippen LogP contribution in [0.1, 0.15) is 36.1 Å². The average molecular weight is 255 g/mol. The van der Waals surface area contributed by atoms with Crippen molar-refractivity contribution in [1.82, 2.24) is 5.32 Å². The van der Waals surface area contributed by atoms with Crippen molar-refractivity contribution in [2.24, 2.45) is 5.92 Å². The van der Waals surface area contributed by atoms with Crippen molar-refractivity contribution in [3.63, 3.8) is 0 Å². The highest BCUT2D eigenvalue weighted by molar-refractivity contribution is 7.12. The number of carbonyl (C=O) groups is 1. The number of thiophene rings is 1. The summed E-state index contributed by atoms with van der Waals surface area (Å²) in [5.41, 5.74) is 0. The van der Waals surface area contributed by atoms with E-state index in [1.807, 2.05) is 13.8 Å². The van der Waals surface area contributed by atoms with Crippen LogP contribution in [0, 0.1) is 12.8 Å². The molecule has 0 radical (unpaired) electrons. The average Bonchev–Trinajstić information content (AvgIpc) is 2.65. The van der Waals surface area contributed by atoms with Gasteiger partial charge in [0.1, 0.15) is 6.10 Å². The fraction of sp³-hybridized carbons (Fsp3) is 0.615. The quantitative estimate of drug-likeness (QED) is 0.849. The molecule has 1 amide bonds. The van der Waals surface area contributed by atoms with Gasteiger partial charge in [-0.1, -0.05) is 13.8 Å². The minimum Gasteiger partial charge on any atom is -0.374 e. The molecule has 0 fully saturated rings. The van der Waals surface area contributed by atoms with E-state index in [0.717, 1.165) is 4.88 Å². The lowest BCUT2D eigenvalue weighted by Crippen LogP contribution is -2.29. The van der Waals surface area contributed by atoms with Crippen molar-refractivity contribution < 1.29 is 9.53 Å². The van der Waals surface area contributed by atoms with E-state index in [4.69, 9.17) is 4.74 Å². The van der Waals surface area contributed by atoms with Crippen LogP contribution in [-0.2, 0) is 9.53 Å². The van der Waals surface area contributed by atoms with Gasteiger partial charge >= 0.3 is 0 Å². The molecule has 96 valence electrons. The largest absolute Gasteiger partial charge is 0.374 e. The summed E-state index contributed by atoms with van der Waals surface area (Å²) in [6.45, 7) is 6.69. The molecule has 3 nitrogen and oxygen atoms in total. The fourth-order valence-electron chi connectivity index (χ4n) is 1.58. The van der Waals surface area contributed by atoms with Crippen molar-refractivity contribution in [2.45, 2.75) is 33.3 Å². The highest BCUT2D eigenvalue weighted by atomic mass is 32.1. The second-order valence-electron chi connectivity index (χ2n) is 4.57. The molecule has 0 aliphatic rings. The molecule has 1 heterocycles. The van der Waals surface area contributed by atoms with Gasteiger partial charge < -0.3 is 10.1 Å². The number of rotatable bonds is 6. The lowest BCUT2D eigenvalue weighted by atomic mass is 10.1. The normalized spacial score (nSPS) is 12.8. The number of carbonyl (C=O) groups excluding carboxylic acids is 1. The van der Waals surface area contributed by atoms with E-state index < -0.39 is 0 Å². The highest BCUT2D eigenvalue weighted by Gasteiger charge is 2.14. The zero-order valence-corrected chi connectivity index (χ0v) is 11.8. The van der Waals surface area contributed by atoms with Gasteiger partial charge in [0.2, 0.25) is 5.91 Å². The first-order valence-electron chi connectivity index (χ1n) is 5.88. The van der Waals surface area contributed by atoms with Gasteiger partial charge in [0.25, 0.3) is 0 Å². The number of nitrogens with one attached hydrogen (secondary N) is 1. The summed E-state index contributed by atoms with van der Waals surface area (Å²) >= 11 is 1.71. The predicted octanol–water partition coefficient (Wildman–Crippen LogP) is 2.91. The fourth-order valence-corrected chi connectivity index (χ4v) is 2.53. The Labute approximate surface area is 107 Å². The van der Waals surface area contributed by atoms with Gasteiger partial charge in [-0.3, -0.25) is 4.79 Å². The lowest BCUT2D eigenvalue weighted by Gasteiger charge is -2.15. The predicted molar refractivity (Wildman–Crippen MR) is 71.3 cm³/mol. The van der Waals surface area contributed by atoms with Crippen LogP contribution in [0.4, 0.5) is 0 Å². The standard InChI is InChI=1S/C13H21NO2S/c1-9(2)7-13(15)14-8-11(16-4)12-6-5-10(3)17-12/h5-6,9,11H,7-8H2,1-4H3,(H,14,15)/t11-/m1/s1. The number of aryl methyl sites for hydroxylation is 1. The topological polar surface area (TPSA) is 38.3 Å². The van der Waals surface area contributed by atoms with Crippen LogP contribution in [0.2, 0.25) is 0 Å². The zero-order chi connectivity index (χ0) is 12.8. The maximum atomic E-state index is 11.5. The van der Waals surface area contributed by atoms with Gasteiger partial charge in [-0.2, -0.15) is 0 Å². The Morgan fingerprint density at radius 2 is 2.18 bits per heavy atom. The monoisotopic (exact) mass is 255 g/mol.